The monoisotopic (exact) mass is 614 g/mol. The van der Waals surface area contributed by atoms with Crippen molar-refractivity contribution in [2.45, 2.75) is 51.5 Å². The Morgan fingerprint density at radius 1 is 1.02 bits per heavy atom. The maximum atomic E-state index is 14.4. The molecule has 238 valence electrons. The van der Waals surface area contributed by atoms with E-state index in [1.165, 1.54) is 7.11 Å². The molecule has 9 nitrogen and oxygen atoms in total. The van der Waals surface area contributed by atoms with Crippen LogP contribution >= 0.6 is 0 Å². The molecule has 3 aromatic carbocycles. The minimum absolute atomic E-state index is 0.0553. The number of nitrogens with zero attached hydrogens (tertiary/aromatic N) is 1. The number of benzene rings is 3. The van der Waals surface area contributed by atoms with Gasteiger partial charge in [-0.05, 0) is 47.7 Å². The van der Waals surface area contributed by atoms with Gasteiger partial charge in [0, 0.05) is 38.3 Å². The van der Waals surface area contributed by atoms with Gasteiger partial charge in [0.15, 0.2) is 0 Å². The molecule has 0 aliphatic carbocycles. The number of likely N-dealkylation sites (tertiary alicyclic amines) is 1. The molecule has 0 saturated carbocycles. The number of carbonyl (C=O) groups is 3. The molecule has 2 heterocycles. The Bertz CT molecular complexity index is 1520. The van der Waals surface area contributed by atoms with Gasteiger partial charge in [-0.1, -0.05) is 72.8 Å². The predicted molar refractivity (Wildman–Crippen MR) is 170 cm³/mol. The number of methoxy groups -OCH3 is 2. The lowest BCUT2D eigenvalue weighted by Gasteiger charge is -2.51. The van der Waals surface area contributed by atoms with Gasteiger partial charge in [-0.2, -0.15) is 0 Å². The summed E-state index contributed by atoms with van der Waals surface area (Å²) in [5.74, 6) is -1.71. The molecule has 0 aromatic heterocycles. The number of esters is 1. The van der Waals surface area contributed by atoms with Gasteiger partial charge in [-0.3, -0.25) is 14.4 Å². The predicted octanol–water partition coefficient (Wildman–Crippen LogP) is 4.78. The Balaban J connectivity index is 1.49. The molecular formula is C36H42N2O7. The Morgan fingerprint density at radius 2 is 1.78 bits per heavy atom. The van der Waals surface area contributed by atoms with Crippen LogP contribution < -0.4 is 5.32 Å². The van der Waals surface area contributed by atoms with E-state index in [1.807, 2.05) is 85.8 Å². The molecule has 2 aliphatic heterocycles. The van der Waals surface area contributed by atoms with Gasteiger partial charge in [0.1, 0.15) is 11.5 Å². The first kappa shape index (κ1) is 32.3. The number of ether oxygens (including phenoxy) is 4. The molecule has 1 N–H and O–H groups in total. The summed E-state index contributed by atoms with van der Waals surface area (Å²) in [6, 6.07) is 23.8. The lowest BCUT2D eigenvalue weighted by atomic mass is 9.66. The highest BCUT2D eigenvalue weighted by Crippen LogP contribution is 2.51. The van der Waals surface area contributed by atoms with E-state index in [2.05, 4.69) is 5.32 Å². The first-order valence-electron chi connectivity index (χ1n) is 15.5. The number of hydrogen-bond donors (Lipinski definition) is 1. The molecule has 0 bridgehead atoms. The second-order valence-corrected chi connectivity index (χ2v) is 11.7. The number of fused-ring (bicyclic) bond motifs is 2. The third-order valence-electron chi connectivity index (χ3n) is 8.78. The molecule has 2 aliphatic rings. The van der Waals surface area contributed by atoms with Crippen LogP contribution in [0.4, 0.5) is 0 Å². The molecule has 3 aromatic rings. The Kier molecular flexibility index (Phi) is 10.7. The van der Waals surface area contributed by atoms with Crippen molar-refractivity contribution in [1.82, 2.24) is 10.2 Å². The van der Waals surface area contributed by atoms with Crippen LogP contribution in [0.5, 0.6) is 0 Å². The average Bonchev–Trinajstić information content (AvgIpc) is 3.05. The highest BCUT2D eigenvalue weighted by atomic mass is 16.6. The molecule has 5 rings (SSSR count). The molecule has 1 saturated heterocycles. The van der Waals surface area contributed by atoms with Crippen molar-refractivity contribution in [2.24, 2.45) is 11.3 Å². The van der Waals surface area contributed by atoms with Gasteiger partial charge in [0.05, 0.1) is 33.0 Å². The van der Waals surface area contributed by atoms with Crippen molar-refractivity contribution in [3.63, 3.8) is 0 Å². The van der Waals surface area contributed by atoms with Gasteiger partial charge in [0.2, 0.25) is 11.8 Å². The summed E-state index contributed by atoms with van der Waals surface area (Å²) in [5.41, 5.74) is 1.22. The highest BCUT2D eigenvalue weighted by Gasteiger charge is 2.59. The van der Waals surface area contributed by atoms with E-state index in [-0.39, 0.29) is 37.8 Å². The normalized spacial score (nSPS) is 22.9. The standard InChI is InChI=1S/C36H42N2O7/c1-25-36(35(41)43-3)21-29(19-33(39)37-17-10-18-42-2)34(40)38(22-28-15-9-14-27-13-7-8-16-31(27)28)32(36)20-30(45-25)24-44-23-26-11-5-4-6-12-26/h4-9,11-16,20,25,29-30H,10,17-19,21-24H2,1-3H3,(H,37,39)/t25-,29+,30-,36+/m1/s1. The smallest absolute Gasteiger partial charge is 0.320 e. The van der Waals surface area contributed by atoms with E-state index in [0.717, 1.165) is 21.9 Å². The van der Waals surface area contributed by atoms with Gasteiger partial charge < -0.3 is 29.2 Å². The van der Waals surface area contributed by atoms with E-state index in [9.17, 15) is 14.4 Å². The van der Waals surface area contributed by atoms with E-state index in [1.54, 1.807) is 12.0 Å². The van der Waals surface area contributed by atoms with Crippen molar-refractivity contribution in [1.29, 1.82) is 0 Å². The lowest BCUT2D eigenvalue weighted by Crippen LogP contribution is -2.60. The minimum atomic E-state index is -1.29. The number of piperidine rings is 1. The SMILES string of the molecule is COCCCNC(=O)C[C@H]1C[C@@]2(C(=O)OC)C(=C[C@H](COCc3ccccc3)O[C@@H]2C)N(Cc2cccc3ccccc23)C1=O. The van der Waals surface area contributed by atoms with E-state index < -0.39 is 29.5 Å². The molecule has 1 fully saturated rings. The van der Waals surface area contributed by atoms with Crippen LogP contribution in [0.3, 0.4) is 0 Å². The summed E-state index contributed by atoms with van der Waals surface area (Å²) in [4.78, 5) is 42.9. The van der Waals surface area contributed by atoms with Gasteiger partial charge in [-0.25, -0.2) is 0 Å². The summed E-state index contributed by atoms with van der Waals surface area (Å²) >= 11 is 0. The van der Waals surface area contributed by atoms with Crippen LogP contribution in [0.2, 0.25) is 0 Å². The van der Waals surface area contributed by atoms with Crippen molar-refractivity contribution in [3.8, 4) is 0 Å². The maximum Gasteiger partial charge on any atom is 0.320 e. The van der Waals surface area contributed by atoms with E-state index in [4.69, 9.17) is 18.9 Å². The number of nitrogens with one attached hydrogen (secondary N) is 1. The van der Waals surface area contributed by atoms with Crippen molar-refractivity contribution >= 4 is 28.6 Å². The highest BCUT2D eigenvalue weighted by molar-refractivity contribution is 5.93. The molecule has 0 radical (unpaired) electrons. The zero-order valence-electron chi connectivity index (χ0n) is 26.2. The van der Waals surface area contributed by atoms with Gasteiger partial charge >= 0.3 is 5.97 Å². The largest absolute Gasteiger partial charge is 0.468 e. The second-order valence-electron chi connectivity index (χ2n) is 11.7. The summed E-state index contributed by atoms with van der Waals surface area (Å²) in [7, 11) is 2.96. The first-order valence-corrected chi connectivity index (χ1v) is 15.5. The average molecular weight is 615 g/mol. The fraction of sp³-hybridized carbons (Fsp3) is 0.417. The van der Waals surface area contributed by atoms with E-state index >= 15 is 0 Å². The molecule has 0 unspecified atom stereocenters. The molecule has 2 amide bonds. The fourth-order valence-electron chi connectivity index (χ4n) is 6.52. The number of amides is 2. The number of hydrogen-bond acceptors (Lipinski definition) is 7. The molecular weight excluding hydrogens is 572 g/mol. The Hall–Kier alpha value is -4.05. The van der Waals surface area contributed by atoms with E-state index in [0.29, 0.717) is 31.9 Å². The summed E-state index contributed by atoms with van der Waals surface area (Å²) in [6.45, 7) is 3.66. The van der Waals surface area contributed by atoms with Crippen molar-refractivity contribution in [3.05, 3.63) is 95.7 Å². The topological polar surface area (TPSA) is 103 Å². The third-order valence-corrected chi connectivity index (χ3v) is 8.78. The van der Waals surface area contributed by atoms with Crippen LogP contribution in [0.25, 0.3) is 10.8 Å². The second kappa shape index (κ2) is 14.8. The summed E-state index contributed by atoms with van der Waals surface area (Å²) < 4.78 is 22.9. The lowest BCUT2D eigenvalue weighted by molar-refractivity contribution is -0.178. The van der Waals surface area contributed by atoms with Crippen LogP contribution in [0.15, 0.2) is 84.6 Å². The van der Waals surface area contributed by atoms with Gasteiger partial charge in [0.25, 0.3) is 0 Å². The summed E-state index contributed by atoms with van der Waals surface area (Å²) in [6.07, 6.45) is 1.39. The molecule has 4 atom stereocenters. The van der Waals surface area contributed by atoms with Crippen molar-refractivity contribution < 1.29 is 33.3 Å². The minimum Gasteiger partial charge on any atom is -0.468 e. The van der Waals surface area contributed by atoms with Crippen LogP contribution in [0, 0.1) is 11.3 Å². The number of rotatable bonds is 13. The summed E-state index contributed by atoms with van der Waals surface area (Å²) in [5, 5.41) is 4.95. The molecule has 45 heavy (non-hydrogen) atoms. The zero-order valence-corrected chi connectivity index (χ0v) is 26.2. The Labute approximate surface area is 264 Å². The number of carbonyl (C=O) groups excluding carboxylic acids is 3. The molecule has 0 spiro atoms. The first-order chi connectivity index (χ1) is 21.9. The van der Waals surface area contributed by atoms with Crippen molar-refractivity contribution in [2.75, 3.05) is 34.0 Å². The van der Waals surface area contributed by atoms with Crippen LogP contribution in [-0.4, -0.2) is 68.9 Å². The van der Waals surface area contributed by atoms with Crippen LogP contribution in [0.1, 0.15) is 37.3 Å². The maximum absolute atomic E-state index is 14.4. The Morgan fingerprint density at radius 3 is 2.56 bits per heavy atom. The third kappa shape index (κ3) is 7.11. The van der Waals surface area contributed by atoms with Crippen LogP contribution in [-0.2, 0) is 46.5 Å². The fourth-order valence-corrected chi connectivity index (χ4v) is 6.52. The molecule has 9 heteroatoms. The van der Waals surface area contributed by atoms with Gasteiger partial charge in [-0.15, -0.1) is 0 Å². The zero-order chi connectivity index (χ0) is 31.8. The quantitative estimate of drug-likeness (QED) is 0.218.